The maximum Gasteiger partial charge on any atom is 0.419 e. The Kier molecular flexibility index (Phi) is 4.92. The molecule has 0 saturated heterocycles. The number of hydrogen-bond donors (Lipinski definition) is 2. The number of benzene rings is 1. The van der Waals surface area contributed by atoms with Crippen LogP contribution < -0.4 is 5.32 Å². The number of halogens is 4. The van der Waals surface area contributed by atoms with Crippen LogP contribution in [0.2, 0.25) is 0 Å². The summed E-state index contributed by atoms with van der Waals surface area (Å²) in [5.41, 5.74) is -1.51. The van der Waals surface area contributed by atoms with E-state index in [1.807, 2.05) is 6.92 Å². The summed E-state index contributed by atoms with van der Waals surface area (Å²) in [6, 6.07) is 2.89. The van der Waals surface area contributed by atoms with Crippen LogP contribution in [-0.4, -0.2) is 17.3 Å². The van der Waals surface area contributed by atoms with Crippen molar-refractivity contribution in [1.29, 1.82) is 0 Å². The fraction of sp³-hybridized carbons (Fsp3) is 0.538. The number of alkyl halides is 3. The Morgan fingerprint density at radius 3 is 2.37 bits per heavy atom. The molecule has 108 valence electrons. The molecule has 1 unspecified atom stereocenters. The largest absolute Gasteiger partial charge is 0.419 e. The van der Waals surface area contributed by atoms with Gasteiger partial charge in [0.15, 0.2) is 0 Å². The van der Waals surface area contributed by atoms with Crippen molar-refractivity contribution in [3.8, 4) is 0 Å². The molecule has 0 amide bonds. The summed E-state index contributed by atoms with van der Waals surface area (Å²) < 4.78 is 50.7. The molecular formula is C13H17F4NO. The molecule has 1 rings (SSSR count). The maximum atomic E-state index is 13.1. The Labute approximate surface area is 109 Å². The van der Waals surface area contributed by atoms with E-state index in [0.717, 1.165) is 12.1 Å². The normalized spacial score (nSPS) is 15.3. The van der Waals surface area contributed by atoms with Gasteiger partial charge < -0.3 is 10.4 Å². The van der Waals surface area contributed by atoms with Crippen LogP contribution in [0, 0.1) is 5.82 Å². The van der Waals surface area contributed by atoms with Gasteiger partial charge in [0.05, 0.1) is 12.2 Å². The van der Waals surface area contributed by atoms with Gasteiger partial charge in [-0.05, 0) is 31.0 Å². The third-order valence-electron chi connectivity index (χ3n) is 3.18. The summed E-state index contributed by atoms with van der Waals surface area (Å²) in [5.74, 6) is -1.28. The zero-order valence-electron chi connectivity index (χ0n) is 10.8. The van der Waals surface area contributed by atoms with Crippen LogP contribution in [0.1, 0.15) is 31.4 Å². The molecule has 0 aliphatic carbocycles. The molecule has 19 heavy (non-hydrogen) atoms. The molecule has 0 aromatic heterocycles. The lowest BCUT2D eigenvalue weighted by Gasteiger charge is -2.27. The van der Waals surface area contributed by atoms with E-state index in [-0.39, 0.29) is 13.2 Å². The average molecular weight is 279 g/mol. The van der Waals surface area contributed by atoms with Crippen LogP contribution in [0.4, 0.5) is 17.6 Å². The second-order valence-electron chi connectivity index (χ2n) is 4.74. The number of nitrogens with one attached hydrogen (secondary N) is 1. The molecule has 0 spiro atoms. The highest BCUT2D eigenvalue weighted by Gasteiger charge is 2.34. The second kappa shape index (κ2) is 5.88. The highest BCUT2D eigenvalue weighted by Crippen LogP contribution is 2.31. The molecule has 0 saturated carbocycles. The second-order valence-corrected chi connectivity index (χ2v) is 4.74. The van der Waals surface area contributed by atoms with Gasteiger partial charge in [0, 0.05) is 12.1 Å². The minimum atomic E-state index is -4.70. The van der Waals surface area contributed by atoms with Crippen molar-refractivity contribution in [3.63, 3.8) is 0 Å². The van der Waals surface area contributed by atoms with Crippen molar-refractivity contribution in [2.45, 2.75) is 38.5 Å². The number of aliphatic hydroxyl groups excluding tert-OH is 1. The molecule has 0 radical (unpaired) electrons. The first-order valence-corrected chi connectivity index (χ1v) is 5.93. The van der Waals surface area contributed by atoms with Crippen molar-refractivity contribution >= 4 is 0 Å². The first kappa shape index (κ1) is 15.9. The van der Waals surface area contributed by atoms with E-state index in [2.05, 4.69) is 5.32 Å². The highest BCUT2D eigenvalue weighted by atomic mass is 19.4. The van der Waals surface area contributed by atoms with Gasteiger partial charge in [-0.25, -0.2) is 4.39 Å². The van der Waals surface area contributed by atoms with Crippen LogP contribution in [0.25, 0.3) is 0 Å². The Balaban J connectivity index is 2.87. The van der Waals surface area contributed by atoms with Gasteiger partial charge in [-0.1, -0.05) is 13.0 Å². The van der Waals surface area contributed by atoms with Crippen molar-refractivity contribution in [2.75, 3.05) is 6.61 Å². The molecule has 0 aliphatic heterocycles. The SMILES string of the molecule is CCC(C)(CO)NCc1ccc(F)c(C(F)(F)F)c1. The van der Waals surface area contributed by atoms with Crippen LogP contribution >= 0.6 is 0 Å². The van der Waals surface area contributed by atoms with Crippen LogP contribution in [0.5, 0.6) is 0 Å². The maximum absolute atomic E-state index is 13.1. The predicted molar refractivity (Wildman–Crippen MR) is 64.0 cm³/mol. The fourth-order valence-electron chi connectivity index (χ4n) is 1.51. The Morgan fingerprint density at radius 1 is 1.26 bits per heavy atom. The standard InChI is InChI=1S/C13H17F4NO/c1-3-12(2,8-19)18-7-9-4-5-11(14)10(6-9)13(15,16)17/h4-6,18-19H,3,7-8H2,1-2H3. The number of aliphatic hydroxyl groups is 1. The minimum absolute atomic E-state index is 0.128. The zero-order chi connectivity index (χ0) is 14.7. The molecule has 1 atom stereocenters. The summed E-state index contributed by atoms with van der Waals surface area (Å²) in [5, 5.41) is 12.2. The fourth-order valence-corrected chi connectivity index (χ4v) is 1.51. The van der Waals surface area contributed by atoms with E-state index in [0.29, 0.717) is 12.0 Å². The first-order chi connectivity index (χ1) is 8.72. The van der Waals surface area contributed by atoms with Gasteiger partial charge in [-0.2, -0.15) is 13.2 Å². The number of hydrogen-bond acceptors (Lipinski definition) is 2. The first-order valence-electron chi connectivity index (χ1n) is 5.93. The molecular weight excluding hydrogens is 262 g/mol. The monoisotopic (exact) mass is 279 g/mol. The molecule has 2 N–H and O–H groups in total. The Hall–Kier alpha value is -1.14. The lowest BCUT2D eigenvalue weighted by Crippen LogP contribution is -2.44. The van der Waals surface area contributed by atoms with Gasteiger partial charge in [0.25, 0.3) is 0 Å². The Morgan fingerprint density at radius 2 is 1.89 bits per heavy atom. The van der Waals surface area contributed by atoms with Crippen molar-refractivity contribution in [3.05, 3.63) is 35.1 Å². The third kappa shape index (κ3) is 4.18. The number of rotatable bonds is 5. The average Bonchev–Trinajstić information content (AvgIpc) is 2.36. The summed E-state index contributed by atoms with van der Waals surface area (Å²) >= 11 is 0. The summed E-state index contributed by atoms with van der Waals surface area (Å²) in [4.78, 5) is 0. The van der Waals surface area contributed by atoms with E-state index in [9.17, 15) is 22.7 Å². The van der Waals surface area contributed by atoms with Crippen LogP contribution in [0.15, 0.2) is 18.2 Å². The Bertz CT molecular complexity index is 427. The molecule has 1 aromatic carbocycles. The molecule has 0 bridgehead atoms. The minimum Gasteiger partial charge on any atom is -0.394 e. The molecule has 2 nitrogen and oxygen atoms in total. The van der Waals surface area contributed by atoms with Gasteiger partial charge in [0.1, 0.15) is 5.82 Å². The summed E-state index contributed by atoms with van der Waals surface area (Å²) in [6.45, 7) is 3.63. The van der Waals surface area contributed by atoms with Gasteiger partial charge in [-0.3, -0.25) is 0 Å². The van der Waals surface area contributed by atoms with Crippen LogP contribution in [0.3, 0.4) is 0 Å². The predicted octanol–water partition coefficient (Wildman–Crippen LogP) is 3.10. The molecule has 6 heteroatoms. The topological polar surface area (TPSA) is 32.3 Å². The van der Waals surface area contributed by atoms with E-state index in [1.165, 1.54) is 6.07 Å². The van der Waals surface area contributed by atoms with E-state index < -0.39 is 23.1 Å². The van der Waals surface area contributed by atoms with Gasteiger partial charge >= 0.3 is 6.18 Å². The van der Waals surface area contributed by atoms with Gasteiger partial charge in [0.2, 0.25) is 0 Å². The molecule has 0 aliphatic rings. The van der Waals surface area contributed by atoms with Crippen molar-refractivity contribution in [2.24, 2.45) is 0 Å². The zero-order valence-corrected chi connectivity index (χ0v) is 10.8. The third-order valence-corrected chi connectivity index (χ3v) is 3.18. The van der Waals surface area contributed by atoms with E-state index in [1.54, 1.807) is 6.92 Å². The molecule has 0 heterocycles. The lowest BCUT2D eigenvalue weighted by molar-refractivity contribution is -0.140. The smallest absolute Gasteiger partial charge is 0.394 e. The van der Waals surface area contributed by atoms with Crippen molar-refractivity contribution in [1.82, 2.24) is 5.32 Å². The summed E-state index contributed by atoms with van der Waals surface area (Å²) in [7, 11) is 0. The van der Waals surface area contributed by atoms with E-state index in [4.69, 9.17) is 0 Å². The molecule has 1 aromatic rings. The highest BCUT2D eigenvalue weighted by molar-refractivity contribution is 5.27. The lowest BCUT2D eigenvalue weighted by atomic mass is 9.99. The van der Waals surface area contributed by atoms with Crippen molar-refractivity contribution < 1.29 is 22.7 Å². The molecule has 0 fully saturated rings. The van der Waals surface area contributed by atoms with E-state index >= 15 is 0 Å². The summed E-state index contributed by atoms with van der Waals surface area (Å²) in [6.07, 6.45) is -4.08. The van der Waals surface area contributed by atoms with Crippen LogP contribution in [-0.2, 0) is 12.7 Å². The quantitative estimate of drug-likeness (QED) is 0.812. The van der Waals surface area contributed by atoms with Gasteiger partial charge in [-0.15, -0.1) is 0 Å².